The molecule has 0 saturated carbocycles. The van der Waals surface area contributed by atoms with E-state index in [1.165, 1.54) is 6.07 Å². The average Bonchev–Trinajstić information content (AvgIpc) is 2.30. The molecule has 1 atom stereocenters. The number of rotatable bonds is 2. The highest BCUT2D eigenvalue weighted by Crippen LogP contribution is 2.28. The first-order valence-electron chi connectivity index (χ1n) is 4.79. The molecule has 0 spiro atoms. The predicted molar refractivity (Wildman–Crippen MR) is 64.4 cm³/mol. The number of benzene rings is 1. The van der Waals surface area contributed by atoms with Crippen molar-refractivity contribution in [3.8, 4) is 0 Å². The molecule has 1 unspecified atom stereocenters. The molecule has 0 aliphatic rings. The zero-order chi connectivity index (χ0) is 11.5. The molecule has 0 amide bonds. The summed E-state index contributed by atoms with van der Waals surface area (Å²) in [6.45, 7) is 0. The summed E-state index contributed by atoms with van der Waals surface area (Å²) in [4.78, 5) is 3.97. The normalized spacial score (nSPS) is 12.4. The van der Waals surface area contributed by atoms with E-state index in [1.54, 1.807) is 30.6 Å². The molecule has 0 radical (unpaired) electrons. The molecule has 2 N–H and O–H groups in total. The minimum Gasteiger partial charge on any atom is -0.320 e. The molecule has 0 aliphatic carbocycles. The zero-order valence-electron chi connectivity index (χ0n) is 8.40. The number of aromatic nitrogens is 1. The van der Waals surface area contributed by atoms with Crippen LogP contribution >= 0.6 is 15.9 Å². The highest BCUT2D eigenvalue weighted by molar-refractivity contribution is 9.10. The standard InChI is InChI=1S/C12H10BrFN2/c13-9-4-1-5-10(14)11(9)12(15)8-3-2-6-16-7-8/h1-7,12H,15H2. The Kier molecular flexibility index (Phi) is 3.31. The van der Waals surface area contributed by atoms with Crippen molar-refractivity contribution in [3.63, 3.8) is 0 Å². The van der Waals surface area contributed by atoms with E-state index >= 15 is 0 Å². The van der Waals surface area contributed by atoms with Gasteiger partial charge in [-0.3, -0.25) is 4.98 Å². The Bertz CT molecular complexity index is 467. The molecular weight excluding hydrogens is 271 g/mol. The molecule has 0 aliphatic heterocycles. The maximum Gasteiger partial charge on any atom is 0.129 e. The van der Waals surface area contributed by atoms with Crippen LogP contribution in [0.1, 0.15) is 17.2 Å². The second-order valence-electron chi connectivity index (χ2n) is 3.40. The van der Waals surface area contributed by atoms with Gasteiger partial charge in [0.2, 0.25) is 0 Å². The quantitative estimate of drug-likeness (QED) is 0.919. The first-order chi connectivity index (χ1) is 7.70. The predicted octanol–water partition coefficient (Wildman–Crippen LogP) is 3.03. The van der Waals surface area contributed by atoms with E-state index in [-0.39, 0.29) is 5.82 Å². The third-order valence-corrected chi connectivity index (χ3v) is 3.05. The molecule has 0 fully saturated rings. The molecule has 1 aromatic carbocycles. The summed E-state index contributed by atoms with van der Waals surface area (Å²) in [5.74, 6) is -0.314. The minimum atomic E-state index is -0.510. The number of nitrogens with zero attached hydrogens (tertiary/aromatic N) is 1. The lowest BCUT2D eigenvalue weighted by molar-refractivity contribution is 0.597. The molecule has 1 aromatic heterocycles. The lowest BCUT2D eigenvalue weighted by atomic mass is 10.0. The van der Waals surface area contributed by atoms with Gasteiger partial charge in [0.1, 0.15) is 5.82 Å². The number of hydrogen-bond donors (Lipinski definition) is 1. The van der Waals surface area contributed by atoms with Crippen LogP contribution in [-0.4, -0.2) is 4.98 Å². The number of hydrogen-bond acceptors (Lipinski definition) is 2. The van der Waals surface area contributed by atoms with Gasteiger partial charge in [0.05, 0.1) is 6.04 Å². The van der Waals surface area contributed by atoms with E-state index in [0.717, 1.165) is 5.56 Å². The van der Waals surface area contributed by atoms with Gasteiger partial charge < -0.3 is 5.73 Å². The van der Waals surface area contributed by atoms with Gasteiger partial charge in [-0.2, -0.15) is 0 Å². The van der Waals surface area contributed by atoms with Crippen molar-refractivity contribution in [2.45, 2.75) is 6.04 Å². The van der Waals surface area contributed by atoms with Crippen molar-refractivity contribution < 1.29 is 4.39 Å². The van der Waals surface area contributed by atoms with E-state index in [0.29, 0.717) is 10.0 Å². The summed E-state index contributed by atoms with van der Waals surface area (Å²) < 4.78 is 14.3. The number of pyridine rings is 1. The minimum absolute atomic E-state index is 0.314. The zero-order valence-corrected chi connectivity index (χ0v) is 9.99. The molecule has 0 saturated heterocycles. The van der Waals surface area contributed by atoms with E-state index < -0.39 is 6.04 Å². The highest BCUT2D eigenvalue weighted by atomic mass is 79.9. The van der Waals surface area contributed by atoms with Crippen molar-refractivity contribution in [1.82, 2.24) is 4.98 Å². The fourth-order valence-electron chi connectivity index (χ4n) is 1.53. The largest absolute Gasteiger partial charge is 0.320 e. The summed E-state index contributed by atoms with van der Waals surface area (Å²) in [6.07, 6.45) is 3.30. The first kappa shape index (κ1) is 11.2. The maximum absolute atomic E-state index is 13.7. The number of nitrogens with two attached hydrogens (primary N) is 1. The fourth-order valence-corrected chi connectivity index (χ4v) is 2.12. The van der Waals surface area contributed by atoms with Crippen LogP contribution in [0.15, 0.2) is 47.2 Å². The Morgan fingerprint density at radius 3 is 2.69 bits per heavy atom. The van der Waals surface area contributed by atoms with Gasteiger partial charge in [-0.1, -0.05) is 28.1 Å². The topological polar surface area (TPSA) is 38.9 Å². The fraction of sp³-hybridized carbons (Fsp3) is 0.0833. The van der Waals surface area contributed by atoms with Gasteiger partial charge in [0, 0.05) is 22.4 Å². The summed E-state index contributed by atoms with van der Waals surface area (Å²) in [5, 5.41) is 0. The van der Waals surface area contributed by atoms with Crippen LogP contribution in [-0.2, 0) is 0 Å². The van der Waals surface area contributed by atoms with Crippen LogP contribution in [0.2, 0.25) is 0 Å². The van der Waals surface area contributed by atoms with Crippen molar-refractivity contribution in [2.24, 2.45) is 5.73 Å². The summed E-state index contributed by atoms with van der Waals surface area (Å²) in [7, 11) is 0. The average molecular weight is 281 g/mol. The second kappa shape index (κ2) is 4.72. The summed E-state index contributed by atoms with van der Waals surface area (Å²) in [5.41, 5.74) is 7.25. The monoisotopic (exact) mass is 280 g/mol. The van der Waals surface area contributed by atoms with Gasteiger partial charge in [0.25, 0.3) is 0 Å². The van der Waals surface area contributed by atoms with Crippen LogP contribution < -0.4 is 5.73 Å². The van der Waals surface area contributed by atoms with Crippen LogP contribution in [0.4, 0.5) is 4.39 Å². The van der Waals surface area contributed by atoms with E-state index in [4.69, 9.17) is 5.73 Å². The van der Waals surface area contributed by atoms with Crippen LogP contribution in [0.3, 0.4) is 0 Å². The Labute approximate surface area is 101 Å². The summed E-state index contributed by atoms with van der Waals surface area (Å²) in [6, 6.07) is 7.91. The van der Waals surface area contributed by atoms with Gasteiger partial charge in [-0.25, -0.2) is 4.39 Å². The van der Waals surface area contributed by atoms with Gasteiger partial charge in [-0.15, -0.1) is 0 Å². The van der Waals surface area contributed by atoms with Gasteiger partial charge >= 0.3 is 0 Å². The van der Waals surface area contributed by atoms with Crippen LogP contribution in [0, 0.1) is 5.82 Å². The Balaban J connectivity index is 2.46. The van der Waals surface area contributed by atoms with Crippen molar-refractivity contribution >= 4 is 15.9 Å². The lowest BCUT2D eigenvalue weighted by Gasteiger charge is -2.14. The molecule has 16 heavy (non-hydrogen) atoms. The molecule has 82 valence electrons. The van der Waals surface area contributed by atoms with E-state index in [1.807, 2.05) is 6.07 Å². The highest BCUT2D eigenvalue weighted by Gasteiger charge is 2.16. The third-order valence-electron chi connectivity index (χ3n) is 2.35. The second-order valence-corrected chi connectivity index (χ2v) is 4.25. The SMILES string of the molecule is NC(c1cccnc1)c1c(F)cccc1Br. The smallest absolute Gasteiger partial charge is 0.129 e. The Hall–Kier alpha value is -1.26. The molecule has 4 heteroatoms. The van der Waals surface area contributed by atoms with Crippen molar-refractivity contribution in [1.29, 1.82) is 0 Å². The molecule has 0 bridgehead atoms. The Morgan fingerprint density at radius 1 is 1.25 bits per heavy atom. The lowest BCUT2D eigenvalue weighted by Crippen LogP contribution is -2.14. The molecule has 2 rings (SSSR count). The third kappa shape index (κ3) is 2.13. The maximum atomic E-state index is 13.7. The number of halogens is 2. The molecule has 2 aromatic rings. The van der Waals surface area contributed by atoms with Crippen LogP contribution in [0.25, 0.3) is 0 Å². The van der Waals surface area contributed by atoms with E-state index in [2.05, 4.69) is 20.9 Å². The van der Waals surface area contributed by atoms with Gasteiger partial charge in [-0.05, 0) is 23.8 Å². The molecular formula is C12H10BrFN2. The van der Waals surface area contributed by atoms with Crippen molar-refractivity contribution in [3.05, 3.63) is 64.1 Å². The first-order valence-corrected chi connectivity index (χ1v) is 5.59. The van der Waals surface area contributed by atoms with Gasteiger partial charge in [0.15, 0.2) is 0 Å². The Morgan fingerprint density at radius 2 is 2.06 bits per heavy atom. The molecule has 1 heterocycles. The van der Waals surface area contributed by atoms with Crippen molar-refractivity contribution in [2.75, 3.05) is 0 Å². The summed E-state index contributed by atoms with van der Waals surface area (Å²) >= 11 is 3.30. The van der Waals surface area contributed by atoms with E-state index in [9.17, 15) is 4.39 Å². The van der Waals surface area contributed by atoms with Crippen LogP contribution in [0.5, 0.6) is 0 Å². The molecule has 2 nitrogen and oxygen atoms in total.